The van der Waals surface area contributed by atoms with Crippen LogP contribution < -0.4 is 10.5 Å². The van der Waals surface area contributed by atoms with Gasteiger partial charge in [0.2, 0.25) is 0 Å². The molecule has 210 valence electrons. The van der Waals surface area contributed by atoms with Gasteiger partial charge in [-0.1, -0.05) is 30.3 Å². The Morgan fingerprint density at radius 2 is 1.88 bits per heavy atom. The number of anilines is 1. The third-order valence-electron chi connectivity index (χ3n) is 7.23. The third-order valence-corrected chi connectivity index (χ3v) is 7.23. The van der Waals surface area contributed by atoms with Crippen molar-refractivity contribution in [1.29, 1.82) is 5.26 Å². The van der Waals surface area contributed by atoms with Gasteiger partial charge in [-0.2, -0.15) is 5.26 Å². The first-order valence-electron chi connectivity index (χ1n) is 13.8. The van der Waals surface area contributed by atoms with Gasteiger partial charge in [-0.15, -0.1) is 0 Å². The average molecular weight is 551 g/mol. The topological polar surface area (TPSA) is 119 Å². The van der Waals surface area contributed by atoms with Gasteiger partial charge in [0, 0.05) is 31.5 Å². The van der Waals surface area contributed by atoms with Crippen LogP contribution in [0.15, 0.2) is 78.8 Å². The summed E-state index contributed by atoms with van der Waals surface area (Å²) >= 11 is 0. The molecule has 0 radical (unpaired) electrons. The number of benzene rings is 2. The van der Waals surface area contributed by atoms with Gasteiger partial charge in [0.15, 0.2) is 0 Å². The van der Waals surface area contributed by atoms with E-state index in [1.807, 2.05) is 86.1 Å². The number of carbonyl (C=O) groups excluding carboxylic acids is 1. The maximum atomic E-state index is 13.5. The first-order chi connectivity index (χ1) is 19.8. The Labute approximate surface area is 239 Å². The number of likely N-dealkylation sites (tertiary alicyclic amines) is 1. The van der Waals surface area contributed by atoms with Gasteiger partial charge in [0.1, 0.15) is 40.9 Å². The van der Waals surface area contributed by atoms with E-state index in [1.165, 1.54) is 6.33 Å². The van der Waals surface area contributed by atoms with Crippen molar-refractivity contribution < 1.29 is 14.3 Å². The SMILES string of the molecule is CCOC(C)(C)C=C(C#N)C(=O)N1CCC[C@H]1Cn1cc(-c2ccc(Oc3ccccc3)cc2)c2c(N)ncnc21. The standard InChI is InChI=1S/C32H34N6O3/c1-4-40-32(2,3)17-23(18-33)31(39)38-16-8-9-24(38)19-37-20-27(28-29(34)35-21-36-30(28)37)22-12-14-26(15-13-22)41-25-10-6-5-7-11-25/h5-7,10-15,17,20-21,24H,4,8-9,16,19H2,1-3H3,(H2,34,35,36)/t24-/m0/s1. The second-order valence-electron chi connectivity index (χ2n) is 10.6. The van der Waals surface area contributed by atoms with Crippen LogP contribution in [0.25, 0.3) is 22.2 Å². The number of hydrogen-bond acceptors (Lipinski definition) is 7. The van der Waals surface area contributed by atoms with Crippen molar-refractivity contribution in [3.8, 4) is 28.7 Å². The van der Waals surface area contributed by atoms with E-state index in [9.17, 15) is 10.1 Å². The Morgan fingerprint density at radius 3 is 2.59 bits per heavy atom. The lowest BCUT2D eigenvalue weighted by molar-refractivity contribution is -0.127. The molecule has 2 aromatic heterocycles. The van der Waals surface area contributed by atoms with Crippen molar-refractivity contribution in [2.45, 2.75) is 51.8 Å². The molecule has 0 aliphatic carbocycles. The molecule has 2 aromatic carbocycles. The number of amides is 1. The molecular weight excluding hydrogens is 516 g/mol. The molecule has 0 spiro atoms. The van der Waals surface area contributed by atoms with Crippen LogP contribution in [0.5, 0.6) is 11.5 Å². The molecule has 9 nitrogen and oxygen atoms in total. The van der Waals surface area contributed by atoms with E-state index in [2.05, 4.69) is 16.0 Å². The maximum Gasteiger partial charge on any atom is 0.264 e. The number of fused-ring (bicyclic) bond motifs is 1. The van der Waals surface area contributed by atoms with Crippen molar-refractivity contribution in [2.24, 2.45) is 0 Å². The Balaban J connectivity index is 1.42. The minimum atomic E-state index is -0.716. The summed E-state index contributed by atoms with van der Waals surface area (Å²) in [5.41, 5.74) is 8.28. The van der Waals surface area contributed by atoms with E-state index in [0.29, 0.717) is 31.2 Å². The molecule has 1 aliphatic heterocycles. The minimum absolute atomic E-state index is 0.0952. The van der Waals surface area contributed by atoms with Crippen LogP contribution in [0, 0.1) is 11.3 Å². The molecule has 3 heterocycles. The Hall–Kier alpha value is -4.68. The number of nitriles is 1. The van der Waals surface area contributed by atoms with Crippen LogP contribution in [0.1, 0.15) is 33.6 Å². The van der Waals surface area contributed by atoms with Crippen molar-refractivity contribution in [3.05, 3.63) is 78.8 Å². The highest BCUT2D eigenvalue weighted by Crippen LogP contribution is 2.35. The zero-order valence-electron chi connectivity index (χ0n) is 23.6. The fourth-order valence-corrected chi connectivity index (χ4v) is 5.41. The predicted molar refractivity (Wildman–Crippen MR) is 158 cm³/mol. The van der Waals surface area contributed by atoms with Gasteiger partial charge in [0.25, 0.3) is 5.91 Å². The quantitative estimate of drug-likeness (QED) is 0.209. The van der Waals surface area contributed by atoms with Gasteiger partial charge in [-0.3, -0.25) is 4.79 Å². The summed E-state index contributed by atoms with van der Waals surface area (Å²) in [5, 5.41) is 10.6. The molecule has 1 aliphatic rings. The largest absolute Gasteiger partial charge is 0.457 e. The predicted octanol–water partition coefficient (Wildman–Crippen LogP) is 5.73. The van der Waals surface area contributed by atoms with Crippen molar-refractivity contribution in [1.82, 2.24) is 19.4 Å². The summed E-state index contributed by atoms with van der Waals surface area (Å²) in [6.45, 7) is 7.17. The van der Waals surface area contributed by atoms with E-state index >= 15 is 0 Å². The van der Waals surface area contributed by atoms with Gasteiger partial charge >= 0.3 is 0 Å². The Bertz CT molecular complexity index is 1600. The highest BCUT2D eigenvalue weighted by Gasteiger charge is 2.32. The number of aromatic nitrogens is 3. The Kier molecular flexibility index (Phi) is 8.04. The minimum Gasteiger partial charge on any atom is -0.457 e. The third kappa shape index (κ3) is 6.08. The summed E-state index contributed by atoms with van der Waals surface area (Å²) in [6.07, 6.45) is 6.77. The molecule has 5 rings (SSSR count). The Morgan fingerprint density at radius 1 is 1.15 bits per heavy atom. The number of hydrogen-bond donors (Lipinski definition) is 1. The number of nitrogen functional groups attached to an aromatic ring is 1. The first-order valence-corrected chi connectivity index (χ1v) is 13.8. The van der Waals surface area contributed by atoms with Crippen molar-refractivity contribution in [3.63, 3.8) is 0 Å². The lowest BCUT2D eigenvalue weighted by atomic mass is 10.0. The first kappa shape index (κ1) is 27.9. The highest BCUT2D eigenvalue weighted by atomic mass is 16.5. The van der Waals surface area contributed by atoms with Crippen molar-refractivity contribution >= 4 is 22.8 Å². The molecular formula is C32H34N6O3. The van der Waals surface area contributed by atoms with Gasteiger partial charge in [-0.05, 0) is 69.5 Å². The van der Waals surface area contributed by atoms with Gasteiger partial charge < -0.3 is 24.7 Å². The number of carbonyl (C=O) groups is 1. The van der Waals surface area contributed by atoms with E-state index < -0.39 is 5.60 Å². The van der Waals surface area contributed by atoms with Crippen LogP contribution in [-0.2, 0) is 16.1 Å². The number of rotatable bonds is 9. The van der Waals surface area contributed by atoms with Gasteiger partial charge in [-0.25, -0.2) is 9.97 Å². The molecule has 1 amide bonds. The molecule has 2 N–H and O–H groups in total. The highest BCUT2D eigenvalue weighted by molar-refractivity contribution is 6.01. The molecule has 0 bridgehead atoms. The van der Waals surface area contributed by atoms with E-state index in [4.69, 9.17) is 15.2 Å². The van der Waals surface area contributed by atoms with Crippen LogP contribution in [-0.4, -0.2) is 50.1 Å². The maximum absolute atomic E-state index is 13.5. The molecule has 1 atom stereocenters. The van der Waals surface area contributed by atoms with Gasteiger partial charge in [0.05, 0.1) is 17.0 Å². The fraction of sp³-hybridized carbons (Fsp3) is 0.312. The number of nitrogens with zero attached hydrogens (tertiary/aromatic N) is 5. The summed E-state index contributed by atoms with van der Waals surface area (Å²) < 4.78 is 13.7. The summed E-state index contributed by atoms with van der Waals surface area (Å²) in [7, 11) is 0. The molecule has 9 heteroatoms. The summed E-state index contributed by atoms with van der Waals surface area (Å²) in [6, 6.07) is 19.4. The second-order valence-corrected chi connectivity index (χ2v) is 10.6. The normalized spacial score (nSPS) is 15.7. The molecule has 1 saturated heterocycles. The van der Waals surface area contributed by atoms with Crippen LogP contribution in [0.2, 0.25) is 0 Å². The number of para-hydroxylation sites is 1. The molecule has 0 unspecified atom stereocenters. The monoisotopic (exact) mass is 550 g/mol. The average Bonchev–Trinajstić information content (AvgIpc) is 3.58. The van der Waals surface area contributed by atoms with E-state index in [0.717, 1.165) is 40.9 Å². The summed E-state index contributed by atoms with van der Waals surface area (Å²) in [5.74, 6) is 1.60. The fourth-order valence-electron chi connectivity index (χ4n) is 5.41. The van der Waals surface area contributed by atoms with Crippen LogP contribution >= 0.6 is 0 Å². The molecule has 1 fully saturated rings. The smallest absolute Gasteiger partial charge is 0.264 e. The lowest BCUT2D eigenvalue weighted by Gasteiger charge is -2.26. The zero-order chi connectivity index (χ0) is 29.0. The van der Waals surface area contributed by atoms with E-state index in [1.54, 1.807) is 11.0 Å². The van der Waals surface area contributed by atoms with Crippen molar-refractivity contribution in [2.75, 3.05) is 18.9 Å². The molecule has 4 aromatic rings. The molecule has 0 saturated carbocycles. The zero-order valence-corrected chi connectivity index (χ0v) is 23.6. The van der Waals surface area contributed by atoms with E-state index in [-0.39, 0.29) is 17.5 Å². The lowest BCUT2D eigenvalue weighted by Crippen LogP contribution is -2.39. The van der Waals surface area contributed by atoms with Crippen LogP contribution in [0.3, 0.4) is 0 Å². The number of nitrogens with two attached hydrogens (primary N) is 1. The second kappa shape index (κ2) is 11.8. The number of ether oxygens (including phenoxy) is 2. The molecule has 41 heavy (non-hydrogen) atoms. The summed E-state index contributed by atoms with van der Waals surface area (Å²) in [4.78, 5) is 24.1. The van der Waals surface area contributed by atoms with Crippen LogP contribution in [0.4, 0.5) is 5.82 Å².